The van der Waals surface area contributed by atoms with Crippen LogP contribution < -0.4 is 4.31 Å². The summed E-state index contributed by atoms with van der Waals surface area (Å²) in [6.07, 6.45) is 3.17. The number of carbonyl (C=O) groups is 1. The van der Waals surface area contributed by atoms with Crippen LogP contribution in [0.15, 0.2) is 73.1 Å². The van der Waals surface area contributed by atoms with Gasteiger partial charge in [0.2, 0.25) is 10.0 Å². The zero-order valence-electron chi connectivity index (χ0n) is 17.3. The van der Waals surface area contributed by atoms with Gasteiger partial charge in [-0.2, -0.15) is 5.10 Å². The van der Waals surface area contributed by atoms with Crippen molar-refractivity contribution >= 4 is 27.1 Å². The molecule has 0 bridgehead atoms. The van der Waals surface area contributed by atoms with Crippen molar-refractivity contribution in [3.05, 3.63) is 84.2 Å². The van der Waals surface area contributed by atoms with Gasteiger partial charge in [-0.3, -0.25) is 9.10 Å². The molecule has 8 heteroatoms. The molecule has 4 rings (SSSR count). The normalized spacial score (nSPS) is 11.5. The highest BCUT2D eigenvalue weighted by molar-refractivity contribution is 7.92. The molecule has 0 spiro atoms. The highest BCUT2D eigenvalue weighted by Crippen LogP contribution is 2.26. The van der Waals surface area contributed by atoms with Gasteiger partial charge in [-0.05, 0) is 32.0 Å². The molecule has 0 N–H and O–H groups in total. The molecule has 0 unspecified atom stereocenters. The van der Waals surface area contributed by atoms with Crippen molar-refractivity contribution in [3.8, 4) is 11.3 Å². The molecule has 2 heterocycles. The third kappa shape index (κ3) is 3.82. The van der Waals surface area contributed by atoms with Crippen molar-refractivity contribution in [1.82, 2.24) is 14.6 Å². The minimum Gasteiger partial charge on any atom is -0.288 e. The maximum atomic E-state index is 12.9. The zero-order chi connectivity index (χ0) is 22.0. The fourth-order valence-electron chi connectivity index (χ4n) is 3.51. The van der Waals surface area contributed by atoms with Crippen molar-refractivity contribution in [1.29, 1.82) is 0 Å². The first-order valence-electron chi connectivity index (χ1n) is 9.99. The van der Waals surface area contributed by atoms with E-state index < -0.39 is 10.0 Å². The monoisotopic (exact) mass is 434 g/mol. The fourth-order valence-corrected chi connectivity index (χ4v) is 4.66. The van der Waals surface area contributed by atoms with E-state index in [1.807, 2.05) is 43.3 Å². The van der Waals surface area contributed by atoms with Crippen molar-refractivity contribution in [2.45, 2.75) is 13.8 Å². The molecule has 7 nitrogen and oxygen atoms in total. The quantitative estimate of drug-likeness (QED) is 0.413. The lowest BCUT2D eigenvalue weighted by Crippen LogP contribution is -2.31. The number of sulfonamides is 1. The molecule has 0 aliphatic heterocycles. The minimum absolute atomic E-state index is 0.0407. The Morgan fingerprint density at radius 1 is 1.00 bits per heavy atom. The molecule has 0 fully saturated rings. The summed E-state index contributed by atoms with van der Waals surface area (Å²) < 4.78 is 27.7. The lowest BCUT2D eigenvalue weighted by Gasteiger charge is -2.22. The number of carbonyl (C=O) groups excluding carboxylic acids is 1. The number of anilines is 1. The van der Waals surface area contributed by atoms with Crippen LogP contribution in [0.25, 0.3) is 16.9 Å². The van der Waals surface area contributed by atoms with Gasteiger partial charge in [-0.1, -0.05) is 42.5 Å². The number of benzene rings is 2. The number of fused-ring (bicyclic) bond motifs is 1. The topological polar surface area (TPSA) is 84.6 Å². The number of ketones is 1. The van der Waals surface area contributed by atoms with Crippen molar-refractivity contribution < 1.29 is 13.2 Å². The second-order valence-electron chi connectivity index (χ2n) is 6.93. The molecular formula is C23H22N4O3S. The summed E-state index contributed by atoms with van der Waals surface area (Å²) in [6.45, 7) is 3.80. The van der Waals surface area contributed by atoms with Crippen LogP contribution in [-0.2, 0) is 10.0 Å². The third-order valence-corrected chi connectivity index (χ3v) is 6.99. The number of aromatic nitrogens is 3. The molecule has 2 aromatic carbocycles. The van der Waals surface area contributed by atoms with Gasteiger partial charge in [0, 0.05) is 23.9 Å². The Morgan fingerprint density at radius 2 is 1.71 bits per heavy atom. The number of rotatable bonds is 7. The van der Waals surface area contributed by atoms with Crippen LogP contribution in [0, 0.1) is 0 Å². The van der Waals surface area contributed by atoms with Crippen molar-refractivity contribution in [2.75, 3.05) is 16.6 Å². The highest BCUT2D eigenvalue weighted by Gasteiger charge is 2.20. The van der Waals surface area contributed by atoms with E-state index in [4.69, 9.17) is 0 Å². The molecule has 158 valence electrons. The molecule has 0 radical (unpaired) electrons. The van der Waals surface area contributed by atoms with Crippen LogP contribution >= 0.6 is 0 Å². The van der Waals surface area contributed by atoms with Crippen LogP contribution in [0.4, 0.5) is 5.69 Å². The van der Waals surface area contributed by atoms with Gasteiger partial charge in [0.25, 0.3) is 0 Å². The molecule has 0 aliphatic carbocycles. The second kappa shape index (κ2) is 8.31. The number of hydrogen-bond acceptors (Lipinski definition) is 5. The van der Waals surface area contributed by atoms with Crippen LogP contribution in [-0.4, -0.2) is 41.1 Å². The van der Waals surface area contributed by atoms with Crippen molar-refractivity contribution in [3.63, 3.8) is 0 Å². The van der Waals surface area contributed by atoms with Gasteiger partial charge in [-0.15, -0.1) is 0 Å². The van der Waals surface area contributed by atoms with E-state index in [1.54, 1.807) is 41.9 Å². The summed E-state index contributed by atoms with van der Waals surface area (Å²) in [7, 11) is -3.34. The number of hydrogen-bond donors (Lipinski definition) is 0. The van der Waals surface area contributed by atoms with Crippen LogP contribution in [0.3, 0.4) is 0 Å². The van der Waals surface area contributed by atoms with Gasteiger partial charge in [0.05, 0.1) is 28.9 Å². The Labute approximate surface area is 181 Å². The van der Waals surface area contributed by atoms with E-state index in [0.717, 1.165) is 11.3 Å². The van der Waals surface area contributed by atoms with E-state index in [-0.39, 0.29) is 11.5 Å². The minimum atomic E-state index is -3.34. The largest absolute Gasteiger partial charge is 0.288 e. The summed E-state index contributed by atoms with van der Waals surface area (Å²) in [5.74, 6) is -0.0991. The van der Waals surface area contributed by atoms with E-state index in [2.05, 4.69) is 10.1 Å². The zero-order valence-corrected chi connectivity index (χ0v) is 18.1. The Balaban J connectivity index is 1.73. The van der Waals surface area contributed by atoms with E-state index in [9.17, 15) is 13.2 Å². The summed E-state index contributed by atoms with van der Waals surface area (Å²) >= 11 is 0. The Hall–Kier alpha value is -3.52. The molecule has 0 atom stereocenters. The average molecular weight is 435 g/mol. The predicted octanol–water partition coefficient (Wildman–Crippen LogP) is 3.80. The average Bonchev–Trinajstić information content (AvgIpc) is 3.24. The molecule has 0 saturated carbocycles. The maximum Gasteiger partial charge on any atom is 0.234 e. The molecule has 2 aromatic heterocycles. The van der Waals surface area contributed by atoms with Gasteiger partial charge >= 0.3 is 0 Å². The highest BCUT2D eigenvalue weighted by atomic mass is 32.2. The van der Waals surface area contributed by atoms with Crippen LogP contribution in [0.2, 0.25) is 0 Å². The molecule has 0 aliphatic rings. The molecule has 4 aromatic rings. The summed E-state index contributed by atoms with van der Waals surface area (Å²) in [4.78, 5) is 17.3. The Kier molecular flexibility index (Phi) is 5.56. The SMILES string of the molecule is CCN(c1ccc(-c2ccnc3c(C(=O)c4ccccc4)cnn23)cc1)S(=O)(=O)CC. The molecule has 0 saturated heterocycles. The summed E-state index contributed by atoms with van der Waals surface area (Å²) in [6, 6.07) is 18.1. The van der Waals surface area contributed by atoms with Gasteiger partial charge in [0.1, 0.15) is 0 Å². The lowest BCUT2D eigenvalue weighted by molar-refractivity contribution is 0.104. The standard InChI is InChI=1S/C23H22N4O3S/c1-3-26(31(29,30)4-2)19-12-10-17(11-13-19)21-14-15-24-23-20(16-25-27(21)23)22(28)18-8-6-5-7-9-18/h5-16H,3-4H2,1-2H3. The van der Waals surface area contributed by atoms with Gasteiger partial charge < -0.3 is 0 Å². The number of nitrogens with zero attached hydrogens (tertiary/aromatic N) is 4. The Bertz CT molecular complexity index is 1330. The molecule has 31 heavy (non-hydrogen) atoms. The third-order valence-electron chi connectivity index (χ3n) is 5.12. The first-order chi connectivity index (χ1) is 15.0. The second-order valence-corrected chi connectivity index (χ2v) is 9.11. The first-order valence-corrected chi connectivity index (χ1v) is 11.6. The molecule has 0 amide bonds. The summed E-state index contributed by atoms with van der Waals surface area (Å²) in [5, 5.41) is 4.39. The first kappa shape index (κ1) is 20.7. The van der Waals surface area contributed by atoms with Gasteiger partial charge in [-0.25, -0.2) is 17.9 Å². The van der Waals surface area contributed by atoms with Crippen LogP contribution in [0.1, 0.15) is 29.8 Å². The molecular weight excluding hydrogens is 412 g/mol. The Morgan fingerprint density at radius 3 is 2.35 bits per heavy atom. The predicted molar refractivity (Wildman–Crippen MR) is 121 cm³/mol. The van der Waals surface area contributed by atoms with Crippen LogP contribution in [0.5, 0.6) is 0 Å². The van der Waals surface area contributed by atoms with Gasteiger partial charge in [0.15, 0.2) is 11.4 Å². The van der Waals surface area contributed by atoms with E-state index >= 15 is 0 Å². The van der Waals surface area contributed by atoms with E-state index in [1.165, 1.54) is 10.5 Å². The smallest absolute Gasteiger partial charge is 0.234 e. The summed E-state index contributed by atoms with van der Waals surface area (Å²) in [5.41, 5.74) is 3.67. The van der Waals surface area contributed by atoms with E-state index in [0.29, 0.717) is 29.0 Å². The van der Waals surface area contributed by atoms with Crippen molar-refractivity contribution in [2.24, 2.45) is 0 Å². The lowest BCUT2D eigenvalue weighted by atomic mass is 10.1. The maximum absolute atomic E-state index is 12.9. The fraction of sp³-hybridized carbons (Fsp3) is 0.174.